The van der Waals surface area contributed by atoms with Crippen molar-refractivity contribution in [1.29, 1.82) is 0 Å². The van der Waals surface area contributed by atoms with Crippen LogP contribution in [0.4, 0.5) is 0 Å². The Labute approximate surface area is 238 Å². The highest BCUT2D eigenvalue weighted by atomic mass is 14.1. The van der Waals surface area contributed by atoms with E-state index in [1.54, 1.807) is 0 Å². The molecule has 0 aromatic carbocycles. The maximum absolute atomic E-state index is 2.51. The molecule has 3 atom stereocenters. The van der Waals surface area contributed by atoms with E-state index in [-0.39, 0.29) is 0 Å². The molecule has 0 heterocycles. The lowest BCUT2D eigenvalue weighted by Gasteiger charge is -2.16. The number of hydrogen-bond acceptors (Lipinski definition) is 0. The van der Waals surface area contributed by atoms with Gasteiger partial charge >= 0.3 is 0 Å². The summed E-state index contributed by atoms with van der Waals surface area (Å²) in [4.78, 5) is 0. The molecule has 0 rings (SSSR count). The minimum Gasteiger partial charge on any atom is -0.0654 e. The summed E-state index contributed by atoms with van der Waals surface area (Å²) in [6, 6.07) is 0. The lowest BCUT2D eigenvalue weighted by atomic mass is 9.90. The summed E-state index contributed by atoms with van der Waals surface area (Å²) in [7, 11) is 0. The van der Waals surface area contributed by atoms with E-state index in [1.165, 1.54) is 186 Å². The van der Waals surface area contributed by atoms with Gasteiger partial charge in [0, 0.05) is 0 Å². The van der Waals surface area contributed by atoms with Crippen molar-refractivity contribution >= 4 is 0 Å². The number of hydrogen-bond donors (Lipinski definition) is 0. The molecule has 224 valence electrons. The Morgan fingerprint density at radius 1 is 0.243 bits per heavy atom. The molecule has 0 aromatic heterocycles. The quantitative estimate of drug-likeness (QED) is 0.0797. The van der Waals surface area contributed by atoms with E-state index in [4.69, 9.17) is 0 Å². The summed E-state index contributed by atoms with van der Waals surface area (Å²) in [5.74, 6) is 2.85. The maximum Gasteiger partial charge on any atom is -0.0443 e. The second-order valence-corrected chi connectivity index (χ2v) is 13.5. The fourth-order valence-corrected chi connectivity index (χ4v) is 6.20. The summed E-state index contributed by atoms with van der Waals surface area (Å²) >= 11 is 0. The van der Waals surface area contributed by atoms with E-state index in [0.29, 0.717) is 0 Å². The number of unbranched alkanes of at least 4 members (excludes halogenated alkanes) is 19. The average molecular weight is 521 g/mol. The fourth-order valence-electron chi connectivity index (χ4n) is 6.20. The van der Waals surface area contributed by atoms with Crippen molar-refractivity contribution in [3.05, 3.63) is 0 Å². The second-order valence-electron chi connectivity index (χ2n) is 13.5. The van der Waals surface area contributed by atoms with Crippen molar-refractivity contribution < 1.29 is 0 Å². The van der Waals surface area contributed by atoms with Crippen molar-refractivity contribution in [2.45, 2.75) is 221 Å². The largest absolute Gasteiger partial charge is 0.0654 e. The molecule has 37 heavy (non-hydrogen) atoms. The summed E-state index contributed by atoms with van der Waals surface area (Å²) in [6.45, 7) is 12.1. The molecule has 0 radical (unpaired) electrons. The fraction of sp³-hybridized carbons (Fsp3) is 1.00. The lowest BCUT2D eigenvalue weighted by molar-refractivity contribution is 0.373. The molecule has 0 saturated carbocycles. The standard InChI is InChI=1S/C37H76/c1-6-8-10-12-13-14-15-16-17-18-19-20-21-22-24-26-30-36(4)32-28-34-37(5)33-27-31-35(3)29-25-23-11-9-7-2/h35-37H,6-34H2,1-5H3. The van der Waals surface area contributed by atoms with Crippen molar-refractivity contribution in [3.8, 4) is 0 Å². The predicted molar refractivity (Wildman–Crippen MR) is 173 cm³/mol. The van der Waals surface area contributed by atoms with Gasteiger partial charge in [-0.25, -0.2) is 0 Å². The molecule has 0 fully saturated rings. The molecular weight excluding hydrogens is 444 g/mol. The van der Waals surface area contributed by atoms with Gasteiger partial charge in [0.25, 0.3) is 0 Å². The summed E-state index contributed by atoms with van der Waals surface area (Å²) in [5.41, 5.74) is 0. The first-order valence-corrected chi connectivity index (χ1v) is 18.1. The van der Waals surface area contributed by atoms with E-state index < -0.39 is 0 Å². The van der Waals surface area contributed by atoms with Crippen molar-refractivity contribution in [1.82, 2.24) is 0 Å². The Morgan fingerprint density at radius 3 is 0.676 bits per heavy atom. The zero-order valence-electron chi connectivity index (χ0n) is 27.2. The first-order valence-electron chi connectivity index (χ1n) is 18.1. The topological polar surface area (TPSA) is 0 Å². The monoisotopic (exact) mass is 521 g/mol. The average Bonchev–Trinajstić information content (AvgIpc) is 2.88. The zero-order chi connectivity index (χ0) is 27.2. The molecule has 0 N–H and O–H groups in total. The van der Waals surface area contributed by atoms with E-state index in [0.717, 1.165) is 17.8 Å². The third-order valence-corrected chi connectivity index (χ3v) is 9.14. The van der Waals surface area contributed by atoms with Crippen LogP contribution in [-0.4, -0.2) is 0 Å². The molecule has 0 aliphatic rings. The third-order valence-electron chi connectivity index (χ3n) is 9.14. The maximum atomic E-state index is 2.51. The van der Waals surface area contributed by atoms with Crippen LogP contribution >= 0.6 is 0 Å². The van der Waals surface area contributed by atoms with Gasteiger partial charge < -0.3 is 0 Å². The van der Waals surface area contributed by atoms with Crippen LogP contribution in [0.2, 0.25) is 0 Å². The highest BCUT2D eigenvalue weighted by molar-refractivity contribution is 4.61. The summed E-state index contributed by atoms with van der Waals surface area (Å²) in [6.07, 6.45) is 42.5. The molecule has 0 aliphatic heterocycles. The Morgan fingerprint density at radius 2 is 0.432 bits per heavy atom. The Kier molecular flexibility index (Phi) is 30.5. The Hall–Kier alpha value is 0. The first-order chi connectivity index (χ1) is 18.1. The van der Waals surface area contributed by atoms with Gasteiger partial charge in [-0.15, -0.1) is 0 Å². The van der Waals surface area contributed by atoms with Crippen LogP contribution < -0.4 is 0 Å². The van der Waals surface area contributed by atoms with Crippen LogP contribution in [0.15, 0.2) is 0 Å². The van der Waals surface area contributed by atoms with Crippen LogP contribution in [-0.2, 0) is 0 Å². The van der Waals surface area contributed by atoms with Gasteiger partial charge in [0.15, 0.2) is 0 Å². The highest BCUT2D eigenvalue weighted by Gasteiger charge is 2.08. The van der Waals surface area contributed by atoms with Gasteiger partial charge in [-0.05, 0) is 17.8 Å². The van der Waals surface area contributed by atoms with Gasteiger partial charge in [0.2, 0.25) is 0 Å². The molecule has 0 amide bonds. The third kappa shape index (κ3) is 30.4. The highest BCUT2D eigenvalue weighted by Crippen LogP contribution is 2.23. The summed E-state index contributed by atoms with van der Waals surface area (Å²) < 4.78 is 0. The van der Waals surface area contributed by atoms with Gasteiger partial charge in [-0.1, -0.05) is 221 Å². The minimum atomic E-state index is 0.944. The minimum absolute atomic E-state index is 0.944. The molecule has 3 unspecified atom stereocenters. The molecule has 0 aromatic rings. The first kappa shape index (κ1) is 37.0. The molecule has 0 aliphatic carbocycles. The molecule has 0 heteroatoms. The van der Waals surface area contributed by atoms with Crippen LogP contribution in [0.3, 0.4) is 0 Å². The summed E-state index contributed by atoms with van der Waals surface area (Å²) in [5, 5.41) is 0. The van der Waals surface area contributed by atoms with E-state index in [1.807, 2.05) is 0 Å². The van der Waals surface area contributed by atoms with Crippen molar-refractivity contribution in [2.75, 3.05) is 0 Å². The van der Waals surface area contributed by atoms with E-state index in [2.05, 4.69) is 34.6 Å². The second kappa shape index (κ2) is 30.5. The smallest absolute Gasteiger partial charge is 0.0443 e. The van der Waals surface area contributed by atoms with Crippen molar-refractivity contribution in [2.24, 2.45) is 17.8 Å². The lowest BCUT2D eigenvalue weighted by Crippen LogP contribution is -2.01. The molecule has 0 nitrogen and oxygen atoms in total. The van der Waals surface area contributed by atoms with Crippen LogP contribution in [0.5, 0.6) is 0 Å². The molecular formula is C37H76. The van der Waals surface area contributed by atoms with E-state index >= 15 is 0 Å². The SMILES string of the molecule is CCCCCCCCCCCCCCCCCCC(C)CCCC(C)CCCC(C)CCCCCCC. The van der Waals surface area contributed by atoms with Gasteiger partial charge in [-0.3, -0.25) is 0 Å². The Bertz CT molecular complexity index is 399. The molecule has 0 spiro atoms. The van der Waals surface area contributed by atoms with Gasteiger partial charge in [-0.2, -0.15) is 0 Å². The van der Waals surface area contributed by atoms with Crippen LogP contribution in [0, 0.1) is 17.8 Å². The van der Waals surface area contributed by atoms with Crippen LogP contribution in [0.25, 0.3) is 0 Å². The van der Waals surface area contributed by atoms with E-state index in [9.17, 15) is 0 Å². The Balaban J connectivity index is 3.33. The molecule has 0 saturated heterocycles. The van der Waals surface area contributed by atoms with Gasteiger partial charge in [0.05, 0.1) is 0 Å². The van der Waals surface area contributed by atoms with Crippen molar-refractivity contribution in [3.63, 3.8) is 0 Å². The van der Waals surface area contributed by atoms with Gasteiger partial charge in [0.1, 0.15) is 0 Å². The van der Waals surface area contributed by atoms with Crippen LogP contribution in [0.1, 0.15) is 221 Å². The predicted octanol–water partition coefficient (Wildman–Crippen LogP) is 14.2. The number of rotatable bonds is 31. The normalized spacial score (nSPS) is 14.2. The zero-order valence-corrected chi connectivity index (χ0v) is 27.2. The molecule has 0 bridgehead atoms.